The Bertz CT molecular complexity index is 1040. The van der Waals surface area contributed by atoms with Crippen LogP contribution < -0.4 is 0 Å². The molecule has 1 aliphatic carbocycles. The molecule has 2 fully saturated rings. The van der Waals surface area contributed by atoms with Crippen LogP contribution in [0.25, 0.3) is 5.76 Å². The van der Waals surface area contributed by atoms with Crippen LogP contribution in [-0.2, 0) is 9.59 Å². The number of aliphatic hydroxyl groups excluding tert-OH is 1. The second-order valence-electron chi connectivity index (χ2n) is 7.72. The van der Waals surface area contributed by atoms with E-state index in [1.54, 1.807) is 35.2 Å². The topological polar surface area (TPSA) is 77.8 Å². The number of amides is 1. The molecule has 1 saturated carbocycles. The molecule has 0 radical (unpaired) electrons. The van der Waals surface area contributed by atoms with E-state index in [9.17, 15) is 19.8 Å². The van der Waals surface area contributed by atoms with E-state index in [1.807, 2.05) is 0 Å². The van der Waals surface area contributed by atoms with Gasteiger partial charge in [-0.3, -0.25) is 9.59 Å². The monoisotopic (exact) mass is 445 g/mol. The van der Waals surface area contributed by atoms with Crippen molar-refractivity contribution in [3.05, 3.63) is 69.2 Å². The number of rotatable bonds is 3. The Balaban J connectivity index is 1.90. The maximum absolute atomic E-state index is 13.1. The molecule has 2 N–H and O–H groups in total. The molecule has 2 aromatic carbocycles. The number of Topliss-reactive ketones (excluding diaryl/α,β-unsaturated/α-hetero) is 1. The normalized spacial score (nSPS) is 21.9. The average Bonchev–Trinajstić information content (AvgIpc) is 3.01. The van der Waals surface area contributed by atoms with Gasteiger partial charge in [-0.2, -0.15) is 0 Å². The third-order valence-corrected chi connectivity index (χ3v) is 6.37. The van der Waals surface area contributed by atoms with Crippen molar-refractivity contribution in [1.82, 2.24) is 4.90 Å². The summed E-state index contributed by atoms with van der Waals surface area (Å²) in [5, 5.41) is 21.4. The number of carbonyl (C=O) groups is 2. The summed E-state index contributed by atoms with van der Waals surface area (Å²) in [6, 6.07) is 10.2. The highest BCUT2D eigenvalue weighted by Crippen LogP contribution is 2.44. The van der Waals surface area contributed by atoms with Crippen LogP contribution in [0.4, 0.5) is 0 Å². The minimum Gasteiger partial charge on any atom is -0.507 e. The van der Waals surface area contributed by atoms with E-state index < -0.39 is 17.7 Å². The maximum atomic E-state index is 13.1. The molecule has 0 bridgehead atoms. The van der Waals surface area contributed by atoms with Gasteiger partial charge in [0.15, 0.2) is 0 Å². The van der Waals surface area contributed by atoms with Gasteiger partial charge in [0.25, 0.3) is 11.7 Å². The van der Waals surface area contributed by atoms with Gasteiger partial charge in [0, 0.05) is 16.6 Å². The second kappa shape index (κ2) is 8.32. The van der Waals surface area contributed by atoms with E-state index in [-0.39, 0.29) is 28.1 Å². The smallest absolute Gasteiger partial charge is 0.295 e. The molecular weight excluding hydrogens is 425 g/mol. The van der Waals surface area contributed by atoms with Crippen molar-refractivity contribution >= 4 is 40.7 Å². The first-order valence-electron chi connectivity index (χ1n) is 9.93. The minimum atomic E-state index is -0.787. The van der Waals surface area contributed by atoms with Gasteiger partial charge in [-0.1, -0.05) is 60.7 Å². The molecule has 5 nitrogen and oxygen atoms in total. The number of phenolic OH excluding ortho intramolecular Hbond substituents is 1. The number of hydrogen-bond donors (Lipinski definition) is 2. The highest BCUT2D eigenvalue weighted by atomic mass is 35.5. The number of hydrogen-bond acceptors (Lipinski definition) is 4. The zero-order chi connectivity index (χ0) is 21.4. The lowest BCUT2D eigenvalue weighted by molar-refractivity contribution is -0.141. The summed E-state index contributed by atoms with van der Waals surface area (Å²) in [7, 11) is 0. The Morgan fingerprint density at radius 2 is 1.73 bits per heavy atom. The largest absolute Gasteiger partial charge is 0.507 e. The van der Waals surface area contributed by atoms with E-state index in [1.165, 1.54) is 12.1 Å². The predicted octanol–water partition coefficient (Wildman–Crippen LogP) is 5.45. The van der Waals surface area contributed by atoms with Crippen molar-refractivity contribution in [2.24, 2.45) is 0 Å². The molecular formula is C23H21Cl2NO4. The summed E-state index contributed by atoms with van der Waals surface area (Å²) in [5.74, 6) is -1.72. The third-order valence-electron chi connectivity index (χ3n) is 5.83. The van der Waals surface area contributed by atoms with Gasteiger partial charge >= 0.3 is 0 Å². The van der Waals surface area contributed by atoms with Crippen molar-refractivity contribution < 1.29 is 19.8 Å². The van der Waals surface area contributed by atoms with Gasteiger partial charge < -0.3 is 15.1 Å². The van der Waals surface area contributed by atoms with Crippen LogP contribution in [-0.4, -0.2) is 32.8 Å². The van der Waals surface area contributed by atoms with Crippen LogP contribution in [0.3, 0.4) is 0 Å². The first kappa shape index (κ1) is 20.8. The predicted molar refractivity (Wildman–Crippen MR) is 116 cm³/mol. The van der Waals surface area contributed by atoms with Crippen molar-refractivity contribution in [3.8, 4) is 5.75 Å². The average molecular weight is 446 g/mol. The number of aromatic hydroxyl groups is 1. The molecule has 2 aliphatic rings. The van der Waals surface area contributed by atoms with Crippen LogP contribution in [0.5, 0.6) is 5.75 Å². The number of ketones is 1. The Kier molecular flexibility index (Phi) is 5.76. The van der Waals surface area contributed by atoms with Crippen molar-refractivity contribution in [3.63, 3.8) is 0 Å². The standard InChI is InChI=1S/C23H21Cl2NO4/c24-15-6-4-5-14(11-15)21(28)19-20(13-9-10-18(27)17(25)12-13)26(23(30)22(19)29)16-7-2-1-3-8-16/h4-6,9-12,16,20,27-28H,1-3,7-8H2/b21-19-. The van der Waals surface area contributed by atoms with Crippen molar-refractivity contribution in [2.75, 3.05) is 0 Å². The molecule has 2 aromatic rings. The number of likely N-dealkylation sites (tertiary alicyclic amines) is 1. The van der Waals surface area contributed by atoms with E-state index in [2.05, 4.69) is 0 Å². The van der Waals surface area contributed by atoms with Gasteiger partial charge in [-0.25, -0.2) is 0 Å². The molecule has 1 unspecified atom stereocenters. The zero-order valence-corrected chi connectivity index (χ0v) is 17.7. The highest BCUT2D eigenvalue weighted by molar-refractivity contribution is 6.46. The van der Waals surface area contributed by atoms with E-state index in [0.717, 1.165) is 32.1 Å². The molecule has 1 atom stereocenters. The van der Waals surface area contributed by atoms with Crippen LogP contribution in [0.15, 0.2) is 48.0 Å². The number of phenols is 1. The maximum Gasteiger partial charge on any atom is 0.295 e. The van der Waals surface area contributed by atoms with Gasteiger partial charge in [0.1, 0.15) is 11.5 Å². The molecule has 1 aliphatic heterocycles. The molecule has 1 amide bonds. The first-order chi connectivity index (χ1) is 14.4. The minimum absolute atomic E-state index is 0.00889. The van der Waals surface area contributed by atoms with Crippen LogP contribution in [0.2, 0.25) is 10.0 Å². The van der Waals surface area contributed by atoms with E-state index in [0.29, 0.717) is 16.1 Å². The van der Waals surface area contributed by atoms with Gasteiger partial charge in [0.05, 0.1) is 16.6 Å². The Morgan fingerprint density at radius 3 is 2.40 bits per heavy atom. The summed E-state index contributed by atoms with van der Waals surface area (Å²) >= 11 is 12.2. The molecule has 1 heterocycles. The quantitative estimate of drug-likeness (QED) is 0.373. The highest BCUT2D eigenvalue weighted by Gasteiger charge is 2.49. The molecule has 1 saturated heterocycles. The number of carbonyl (C=O) groups excluding carboxylic acids is 2. The fourth-order valence-corrected chi connectivity index (χ4v) is 4.78. The molecule has 0 aromatic heterocycles. The lowest BCUT2D eigenvalue weighted by atomic mass is 9.91. The summed E-state index contributed by atoms with van der Waals surface area (Å²) in [6.45, 7) is 0. The van der Waals surface area contributed by atoms with E-state index in [4.69, 9.17) is 23.2 Å². The SMILES string of the molecule is O=C1C(=O)N(C2CCCCC2)C(c2ccc(O)c(Cl)c2)/C1=C(/O)c1cccc(Cl)c1. The summed E-state index contributed by atoms with van der Waals surface area (Å²) in [5.41, 5.74) is 0.930. The number of nitrogens with zero attached hydrogens (tertiary/aromatic N) is 1. The van der Waals surface area contributed by atoms with Gasteiger partial charge in [-0.15, -0.1) is 0 Å². The zero-order valence-electron chi connectivity index (χ0n) is 16.1. The fourth-order valence-electron chi connectivity index (χ4n) is 4.40. The third kappa shape index (κ3) is 3.68. The summed E-state index contributed by atoms with van der Waals surface area (Å²) in [6.07, 6.45) is 4.65. The second-order valence-corrected chi connectivity index (χ2v) is 8.56. The van der Waals surface area contributed by atoms with Gasteiger partial charge in [0.2, 0.25) is 0 Å². The summed E-state index contributed by atoms with van der Waals surface area (Å²) < 4.78 is 0. The molecule has 4 rings (SSSR count). The molecule has 0 spiro atoms. The van der Waals surface area contributed by atoms with Crippen LogP contribution in [0.1, 0.15) is 49.3 Å². The lowest BCUT2D eigenvalue weighted by Gasteiger charge is -2.35. The fraction of sp³-hybridized carbons (Fsp3) is 0.304. The van der Waals surface area contributed by atoms with Crippen molar-refractivity contribution in [2.45, 2.75) is 44.2 Å². The number of halogens is 2. The summed E-state index contributed by atoms with van der Waals surface area (Å²) in [4.78, 5) is 27.7. The van der Waals surface area contributed by atoms with E-state index >= 15 is 0 Å². The number of benzene rings is 2. The first-order valence-corrected chi connectivity index (χ1v) is 10.7. The molecule has 30 heavy (non-hydrogen) atoms. The van der Waals surface area contributed by atoms with Crippen LogP contribution in [0, 0.1) is 0 Å². The van der Waals surface area contributed by atoms with Crippen molar-refractivity contribution in [1.29, 1.82) is 0 Å². The van der Waals surface area contributed by atoms with Crippen LogP contribution >= 0.6 is 23.2 Å². The Labute approximate surface area is 184 Å². The van der Waals surface area contributed by atoms with Gasteiger partial charge in [-0.05, 0) is 42.7 Å². The molecule has 7 heteroatoms. The Morgan fingerprint density at radius 1 is 1.00 bits per heavy atom. The lowest BCUT2D eigenvalue weighted by Crippen LogP contribution is -2.40. The Hall–Kier alpha value is -2.50. The number of aliphatic hydroxyl groups is 1. The molecule has 156 valence electrons.